The van der Waals surface area contributed by atoms with E-state index in [4.69, 9.17) is 5.73 Å². The summed E-state index contributed by atoms with van der Waals surface area (Å²) in [5.74, 6) is 0.907. The summed E-state index contributed by atoms with van der Waals surface area (Å²) in [7, 11) is 0. The van der Waals surface area contributed by atoms with Crippen LogP contribution in [-0.2, 0) is 0 Å². The second-order valence-electron chi connectivity index (χ2n) is 3.62. The van der Waals surface area contributed by atoms with E-state index in [0.29, 0.717) is 5.70 Å². The van der Waals surface area contributed by atoms with Crippen LogP contribution in [0.1, 0.15) is 33.6 Å². The number of rotatable bonds is 2. The van der Waals surface area contributed by atoms with Gasteiger partial charge < -0.3 is 5.73 Å². The van der Waals surface area contributed by atoms with Gasteiger partial charge in [0.05, 0.1) is 0 Å². The molecule has 2 N–H and O–H groups in total. The molecular weight excluding hydrogens is 158 g/mol. The Morgan fingerprint density at radius 1 is 1.31 bits per heavy atom. The third-order valence-corrected chi connectivity index (χ3v) is 2.21. The molecule has 74 valence electrons. The van der Waals surface area contributed by atoms with Crippen molar-refractivity contribution in [2.24, 2.45) is 11.7 Å². The molecule has 0 bridgehead atoms. The van der Waals surface area contributed by atoms with E-state index in [1.807, 2.05) is 19.9 Å². The largest absolute Gasteiger partial charge is 0.399 e. The third-order valence-electron chi connectivity index (χ3n) is 2.21. The highest BCUT2D eigenvalue weighted by atomic mass is 14.6. The maximum atomic E-state index is 5.28. The summed E-state index contributed by atoms with van der Waals surface area (Å²) >= 11 is 0. The summed E-state index contributed by atoms with van der Waals surface area (Å²) in [6.07, 6.45) is 4.73. The zero-order valence-electron chi connectivity index (χ0n) is 9.06. The van der Waals surface area contributed by atoms with Crippen LogP contribution in [0.15, 0.2) is 36.1 Å². The van der Waals surface area contributed by atoms with Gasteiger partial charge in [0.25, 0.3) is 0 Å². The Bertz CT molecular complexity index is 219. The molecule has 1 heteroatoms. The van der Waals surface area contributed by atoms with Crippen molar-refractivity contribution in [3.63, 3.8) is 0 Å². The van der Waals surface area contributed by atoms with E-state index in [-0.39, 0.29) is 0 Å². The molecule has 0 spiro atoms. The van der Waals surface area contributed by atoms with Gasteiger partial charge in [-0.05, 0) is 45.1 Å². The van der Waals surface area contributed by atoms with Crippen molar-refractivity contribution < 1.29 is 0 Å². The topological polar surface area (TPSA) is 26.0 Å². The molecule has 0 heterocycles. The van der Waals surface area contributed by atoms with Crippen molar-refractivity contribution in [2.75, 3.05) is 0 Å². The Labute approximate surface area is 82.0 Å². The van der Waals surface area contributed by atoms with E-state index < -0.39 is 0 Å². The molecule has 0 aromatic heterocycles. The molecule has 1 saturated carbocycles. The van der Waals surface area contributed by atoms with Gasteiger partial charge in [0, 0.05) is 5.70 Å². The average molecular weight is 179 g/mol. The van der Waals surface area contributed by atoms with Crippen molar-refractivity contribution in [3.05, 3.63) is 36.1 Å². The normalized spacial score (nSPS) is 15.8. The molecule has 0 radical (unpaired) electrons. The van der Waals surface area contributed by atoms with Gasteiger partial charge in [-0.3, -0.25) is 0 Å². The SMILES string of the molecule is C=C(C)C1CC1.C=C(N)/C(C)=C/C. The molecule has 1 aliphatic rings. The van der Waals surface area contributed by atoms with Crippen molar-refractivity contribution in [1.82, 2.24) is 0 Å². The van der Waals surface area contributed by atoms with Gasteiger partial charge in [0.15, 0.2) is 0 Å². The van der Waals surface area contributed by atoms with Gasteiger partial charge >= 0.3 is 0 Å². The monoisotopic (exact) mass is 179 g/mol. The smallest absolute Gasteiger partial charge is 0.0267 e. The predicted molar refractivity (Wildman–Crippen MR) is 60.3 cm³/mol. The van der Waals surface area contributed by atoms with Crippen LogP contribution in [0.3, 0.4) is 0 Å². The molecule has 0 aliphatic heterocycles. The Morgan fingerprint density at radius 2 is 1.77 bits per heavy atom. The predicted octanol–water partition coefficient (Wildman–Crippen LogP) is 3.40. The Morgan fingerprint density at radius 3 is 1.77 bits per heavy atom. The van der Waals surface area contributed by atoms with Crippen LogP contribution in [0, 0.1) is 5.92 Å². The highest BCUT2D eigenvalue weighted by Crippen LogP contribution is 2.34. The lowest BCUT2D eigenvalue weighted by Crippen LogP contribution is -1.94. The van der Waals surface area contributed by atoms with Crippen molar-refractivity contribution in [3.8, 4) is 0 Å². The quantitative estimate of drug-likeness (QED) is 0.510. The first-order chi connectivity index (χ1) is 5.99. The molecule has 0 atom stereocenters. The first-order valence-corrected chi connectivity index (χ1v) is 4.72. The molecule has 1 aliphatic carbocycles. The fraction of sp³-hybridized carbons (Fsp3) is 0.500. The molecular formula is C12H21N. The van der Waals surface area contributed by atoms with Gasteiger partial charge in [0.1, 0.15) is 0 Å². The molecule has 1 fully saturated rings. The Kier molecular flexibility index (Phi) is 5.20. The highest BCUT2D eigenvalue weighted by Gasteiger charge is 2.20. The summed E-state index contributed by atoms with van der Waals surface area (Å²) < 4.78 is 0. The van der Waals surface area contributed by atoms with Crippen LogP contribution in [0.25, 0.3) is 0 Å². The third kappa shape index (κ3) is 6.21. The Balaban J connectivity index is 0.000000223. The number of hydrogen-bond donors (Lipinski definition) is 1. The molecule has 1 nitrogen and oxygen atoms in total. The van der Waals surface area contributed by atoms with Crippen LogP contribution in [0.2, 0.25) is 0 Å². The van der Waals surface area contributed by atoms with Crippen molar-refractivity contribution >= 4 is 0 Å². The first-order valence-electron chi connectivity index (χ1n) is 4.72. The fourth-order valence-electron chi connectivity index (χ4n) is 0.762. The molecule has 0 unspecified atom stereocenters. The minimum atomic E-state index is 0.655. The van der Waals surface area contributed by atoms with Crippen molar-refractivity contribution in [1.29, 1.82) is 0 Å². The van der Waals surface area contributed by atoms with Crippen LogP contribution in [0.5, 0.6) is 0 Å². The van der Waals surface area contributed by atoms with E-state index in [2.05, 4.69) is 20.1 Å². The van der Waals surface area contributed by atoms with E-state index in [9.17, 15) is 0 Å². The van der Waals surface area contributed by atoms with Gasteiger partial charge in [-0.25, -0.2) is 0 Å². The lowest BCUT2D eigenvalue weighted by molar-refractivity contribution is 1.02. The van der Waals surface area contributed by atoms with Gasteiger partial charge in [0.2, 0.25) is 0 Å². The summed E-state index contributed by atoms with van der Waals surface area (Å²) in [6, 6.07) is 0. The van der Waals surface area contributed by atoms with Crippen molar-refractivity contribution in [2.45, 2.75) is 33.6 Å². The second-order valence-corrected chi connectivity index (χ2v) is 3.62. The molecule has 0 aromatic carbocycles. The van der Waals surface area contributed by atoms with E-state index in [1.54, 1.807) is 0 Å². The van der Waals surface area contributed by atoms with Gasteiger partial charge in [-0.1, -0.05) is 24.8 Å². The fourth-order valence-corrected chi connectivity index (χ4v) is 0.762. The zero-order chi connectivity index (χ0) is 10.4. The first kappa shape index (κ1) is 12.0. The summed E-state index contributed by atoms with van der Waals surface area (Å²) in [6.45, 7) is 13.3. The maximum absolute atomic E-state index is 5.28. The Hall–Kier alpha value is -0.980. The lowest BCUT2D eigenvalue weighted by atomic mass is 10.2. The standard InChI is InChI=1S/C6H11N.C6H10/c1-4-5(2)6(3)7;1-5(2)6-3-4-6/h4H,3,7H2,1-2H3;6H,1,3-4H2,2H3/b5-4+;. The number of allylic oxidation sites excluding steroid dienone is 3. The molecule has 1 rings (SSSR count). The highest BCUT2D eigenvalue weighted by molar-refractivity contribution is 5.21. The number of nitrogens with two attached hydrogens (primary N) is 1. The van der Waals surface area contributed by atoms with Gasteiger partial charge in [-0.15, -0.1) is 0 Å². The minimum Gasteiger partial charge on any atom is -0.399 e. The average Bonchev–Trinajstić information content (AvgIpc) is 2.85. The van der Waals surface area contributed by atoms with E-state index >= 15 is 0 Å². The minimum absolute atomic E-state index is 0.655. The van der Waals surface area contributed by atoms with Crippen LogP contribution >= 0.6 is 0 Å². The molecule has 0 saturated heterocycles. The maximum Gasteiger partial charge on any atom is 0.0267 e. The van der Waals surface area contributed by atoms with Crippen LogP contribution in [-0.4, -0.2) is 0 Å². The summed E-state index contributed by atoms with van der Waals surface area (Å²) in [5, 5.41) is 0. The summed E-state index contributed by atoms with van der Waals surface area (Å²) in [4.78, 5) is 0. The molecule has 13 heavy (non-hydrogen) atoms. The molecule has 0 aromatic rings. The van der Waals surface area contributed by atoms with E-state index in [0.717, 1.165) is 11.5 Å². The number of hydrogen-bond acceptors (Lipinski definition) is 1. The summed E-state index contributed by atoms with van der Waals surface area (Å²) in [5.41, 5.74) is 8.36. The van der Waals surface area contributed by atoms with E-state index in [1.165, 1.54) is 18.4 Å². The second kappa shape index (κ2) is 5.63. The zero-order valence-corrected chi connectivity index (χ0v) is 9.06. The lowest BCUT2D eigenvalue weighted by Gasteiger charge is -1.92. The van der Waals surface area contributed by atoms with Crippen LogP contribution < -0.4 is 5.73 Å². The molecule has 0 amide bonds. The van der Waals surface area contributed by atoms with Crippen LogP contribution in [0.4, 0.5) is 0 Å². The van der Waals surface area contributed by atoms with Gasteiger partial charge in [-0.2, -0.15) is 0 Å².